The zero-order valence-electron chi connectivity index (χ0n) is 5.79. The van der Waals surface area contributed by atoms with E-state index in [9.17, 15) is 4.79 Å². The van der Waals surface area contributed by atoms with Crippen LogP contribution in [-0.2, 0) is 9.59 Å². The van der Waals surface area contributed by atoms with Crippen molar-refractivity contribution >= 4 is 85.8 Å². The fourth-order valence-electron chi connectivity index (χ4n) is 0. The van der Waals surface area contributed by atoms with E-state index in [2.05, 4.69) is 0 Å². The predicted octanol–water partition coefficient (Wildman–Crippen LogP) is -2.50. The van der Waals surface area contributed by atoms with Crippen LogP contribution in [-0.4, -0.2) is 90.9 Å². The van der Waals surface area contributed by atoms with Gasteiger partial charge >= 0.3 is 90.6 Å². The molecule has 0 heterocycles. The van der Waals surface area contributed by atoms with Crippen LogP contribution in [0.5, 0.6) is 0 Å². The fourth-order valence-corrected chi connectivity index (χ4v) is 0. The van der Waals surface area contributed by atoms with Crippen LogP contribution in [0.1, 0.15) is 6.92 Å². The molecule has 0 aliphatic heterocycles. The monoisotopic (exact) mass is 466 g/mol. The van der Waals surface area contributed by atoms with E-state index < -0.39 is 11.9 Å². The number of carboxylic acids is 2. The van der Waals surface area contributed by atoms with Crippen molar-refractivity contribution in [2.24, 2.45) is 0 Å². The molecule has 0 aromatic heterocycles. The number of carboxylic acid groups (broad SMARTS) is 2. The Kier molecular flexibility index (Phi) is 22.8. The zero-order chi connectivity index (χ0) is 7.86. The first kappa shape index (κ1) is 17.5. The standard InChI is InChI=1S/C2H4O2.C2H3O2.Ba.Pb.2H/c2*1-2(3)4;;;;/h1H3,(H,3,4);1H2,(H,3,4);;;;/q;;+2;;;/p-1. The molecule has 6 heteroatoms. The Morgan fingerprint density at radius 1 is 1.60 bits per heavy atom. The van der Waals surface area contributed by atoms with Crippen molar-refractivity contribution in [2.45, 2.75) is 7.81 Å². The minimum atomic E-state index is -1.08. The van der Waals surface area contributed by atoms with Gasteiger partial charge in [-0.15, -0.1) is 0 Å². The van der Waals surface area contributed by atoms with E-state index in [-0.39, 0.29) is 27.3 Å². The van der Waals surface area contributed by atoms with Crippen LogP contribution in [0.2, 0.25) is 0.889 Å². The van der Waals surface area contributed by atoms with Gasteiger partial charge in [0.2, 0.25) is 0 Å². The molecule has 0 aromatic rings. The van der Waals surface area contributed by atoms with Gasteiger partial charge in [-0.25, -0.2) is 0 Å². The van der Waals surface area contributed by atoms with Gasteiger partial charge in [0, 0.05) is 5.97 Å². The molecule has 0 unspecified atom stereocenters. The van der Waals surface area contributed by atoms with Gasteiger partial charge in [-0.05, 0) is 6.92 Å². The van der Waals surface area contributed by atoms with Crippen molar-refractivity contribution < 1.29 is 19.8 Å². The van der Waals surface area contributed by atoms with Crippen LogP contribution in [0, 0.1) is 0 Å². The van der Waals surface area contributed by atoms with E-state index in [1.54, 1.807) is 0 Å². The summed E-state index contributed by atoms with van der Waals surface area (Å²) < 4.78 is 0.417. The van der Waals surface area contributed by atoms with Gasteiger partial charge in [-0.2, -0.15) is 0 Å². The third-order valence-corrected chi connectivity index (χ3v) is 1.56. The normalized spacial score (nSPS) is 6.20. The van der Waals surface area contributed by atoms with Crippen molar-refractivity contribution in [3.05, 3.63) is 0 Å². The fraction of sp³-hybridized carbons (Fsp3) is 0.500. The van der Waals surface area contributed by atoms with Crippen LogP contribution in [0.25, 0.3) is 0 Å². The van der Waals surface area contributed by atoms with E-state index in [1.807, 2.05) is 0 Å². The molecule has 0 aliphatic rings. The van der Waals surface area contributed by atoms with Crippen molar-refractivity contribution in [1.29, 1.82) is 0 Å². The maximum atomic E-state index is 9.42. The van der Waals surface area contributed by atoms with Gasteiger partial charge in [-0.1, -0.05) is 0 Å². The average Bonchev–Trinajstić information content (AvgIpc) is 1.65. The van der Waals surface area contributed by atoms with Gasteiger partial charge in [-0.3, -0.25) is 0 Å². The second kappa shape index (κ2) is 13.1. The molecule has 0 fully saturated rings. The van der Waals surface area contributed by atoms with Crippen LogP contribution in [0.4, 0.5) is 0 Å². The quantitative estimate of drug-likeness (QED) is 0.435. The van der Waals surface area contributed by atoms with E-state index in [0.29, 0.717) is 47.4 Å². The number of rotatable bonds is 1. The molecule has 9 radical (unpaired) electrons. The summed E-state index contributed by atoms with van der Waals surface area (Å²) in [5.41, 5.74) is 0. The number of carbonyl (C=O) groups is 2. The number of carbonyl (C=O) groups excluding carboxylic acids is 1. The Balaban J connectivity index is -0.0000000910. The van der Waals surface area contributed by atoms with Crippen LogP contribution in [0.3, 0.4) is 0 Å². The van der Waals surface area contributed by atoms with Gasteiger partial charge in [0.05, 0.1) is 0 Å². The molecule has 0 bridgehead atoms. The number of aliphatic carboxylic acids is 2. The third kappa shape index (κ3) is 56.9. The molecule has 4 nitrogen and oxygen atoms in total. The predicted molar refractivity (Wildman–Crippen MR) is 37.4 cm³/mol. The first-order valence-electron chi connectivity index (χ1n) is 2.19. The molecule has 0 atom stereocenters. The van der Waals surface area contributed by atoms with Crippen molar-refractivity contribution in [3.63, 3.8) is 0 Å². The summed E-state index contributed by atoms with van der Waals surface area (Å²) in [5, 5.41) is 16.7. The molecule has 0 saturated heterocycles. The molecule has 0 rings (SSSR count). The van der Waals surface area contributed by atoms with E-state index in [4.69, 9.17) is 15.0 Å². The topological polar surface area (TPSA) is 77.4 Å². The Morgan fingerprint density at radius 3 is 1.70 bits per heavy atom. The SMILES string of the molecule is CC(=O)[O-].O=C(O)[CH2][Ba+2].[PbH2]. The summed E-state index contributed by atoms with van der Waals surface area (Å²) in [6.45, 7) is 0.972. The summed E-state index contributed by atoms with van der Waals surface area (Å²) in [5.74, 6) is -1.74. The van der Waals surface area contributed by atoms with E-state index in [0.717, 1.165) is 6.92 Å². The Hall–Kier alpha value is 1.43. The zero-order valence-corrected chi connectivity index (χ0v) is 15.7. The van der Waals surface area contributed by atoms with Crippen molar-refractivity contribution in [2.75, 3.05) is 0 Å². The Labute approximate surface area is 111 Å². The summed E-state index contributed by atoms with van der Waals surface area (Å²) in [6.07, 6.45) is 0. The molecule has 0 amide bonds. The van der Waals surface area contributed by atoms with Crippen molar-refractivity contribution in [1.82, 2.24) is 0 Å². The molecule has 1 N–H and O–H groups in total. The molecular formula is C4H8BaO4Pb+. The second-order valence-electron chi connectivity index (χ2n) is 1.14. The number of hydrogen-bond acceptors (Lipinski definition) is 3. The molecule has 0 spiro atoms. The van der Waals surface area contributed by atoms with E-state index in [1.165, 1.54) is 0 Å². The van der Waals surface area contributed by atoms with Gasteiger partial charge in [0.1, 0.15) is 0 Å². The molecule has 0 aromatic carbocycles. The summed E-state index contributed by atoms with van der Waals surface area (Å²) in [4.78, 5) is 18.3. The first-order valence-corrected chi connectivity index (χ1v) is 5.33. The van der Waals surface area contributed by atoms with Crippen LogP contribution in [0.15, 0.2) is 0 Å². The van der Waals surface area contributed by atoms with Crippen LogP contribution < -0.4 is 5.11 Å². The van der Waals surface area contributed by atoms with Crippen LogP contribution >= 0.6 is 0 Å². The van der Waals surface area contributed by atoms with Gasteiger partial charge < -0.3 is 9.90 Å². The molecule has 0 aliphatic carbocycles. The number of hydrogen-bond donors (Lipinski definition) is 1. The van der Waals surface area contributed by atoms with Crippen molar-refractivity contribution in [3.8, 4) is 0 Å². The van der Waals surface area contributed by atoms with E-state index >= 15 is 0 Å². The first-order chi connectivity index (χ1) is 4.00. The average molecular weight is 465 g/mol. The summed E-state index contributed by atoms with van der Waals surface area (Å²) in [6, 6.07) is 0. The molecule has 53 valence electrons. The Bertz CT molecular complexity index is 101. The summed E-state index contributed by atoms with van der Waals surface area (Å²) in [7, 11) is 0. The molecule has 0 saturated carbocycles. The second-order valence-corrected chi connectivity index (χ2v) is 2.71. The minimum absolute atomic E-state index is 0. The Morgan fingerprint density at radius 2 is 1.70 bits per heavy atom. The molecule has 10 heavy (non-hydrogen) atoms. The van der Waals surface area contributed by atoms with Gasteiger partial charge in [0.25, 0.3) is 0 Å². The molecular weight excluding hydrogens is 457 g/mol. The summed E-state index contributed by atoms with van der Waals surface area (Å²) >= 11 is 0.444. The maximum absolute atomic E-state index is 9.42. The van der Waals surface area contributed by atoms with Gasteiger partial charge in [0.15, 0.2) is 0 Å². The third-order valence-electron chi connectivity index (χ3n) is 0.214.